The number of nitrogens with zero attached hydrogens (tertiary/aromatic N) is 2. The van der Waals surface area contributed by atoms with E-state index < -0.39 is 0 Å². The highest BCUT2D eigenvalue weighted by atomic mass is 32.1. The van der Waals surface area contributed by atoms with Crippen molar-refractivity contribution in [3.05, 3.63) is 10.6 Å². The van der Waals surface area contributed by atoms with E-state index in [9.17, 15) is 5.11 Å². The lowest BCUT2D eigenvalue weighted by molar-refractivity contribution is 0.0643. The first-order valence-electron chi connectivity index (χ1n) is 6.61. The number of aromatic nitrogens is 1. The first-order chi connectivity index (χ1) is 8.58. The van der Waals surface area contributed by atoms with E-state index in [1.807, 2.05) is 0 Å². The number of hydrogen-bond acceptors (Lipinski definition) is 5. The van der Waals surface area contributed by atoms with Crippen molar-refractivity contribution in [1.82, 2.24) is 4.98 Å². The van der Waals surface area contributed by atoms with Crippen LogP contribution in [-0.4, -0.2) is 35.4 Å². The van der Waals surface area contributed by atoms with Crippen molar-refractivity contribution in [2.75, 3.05) is 24.7 Å². The average molecular weight is 268 g/mol. The summed E-state index contributed by atoms with van der Waals surface area (Å²) in [6.45, 7) is 6.75. The number of ether oxygens (including phenoxy) is 1. The molecule has 1 atom stereocenters. The first kappa shape index (κ1) is 12.4. The number of morpholine rings is 1. The summed E-state index contributed by atoms with van der Waals surface area (Å²) in [5.74, 6) is 0. The lowest BCUT2D eigenvalue weighted by atomic mass is 10.0. The van der Waals surface area contributed by atoms with E-state index in [4.69, 9.17) is 4.74 Å². The Morgan fingerprint density at radius 1 is 1.50 bits per heavy atom. The van der Waals surface area contributed by atoms with Crippen molar-refractivity contribution in [1.29, 1.82) is 0 Å². The number of thiazole rings is 1. The number of rotatable bonds is 1. The van der Waals surface area contributed by atoms with Crippen LogP contribution in [0, 0.1) is 0 Å². The number of aryl methyl sites for hydroxylation is 1. The predicted octanol–water partition coefficient (Wildman–Crippen LogP) is 2.13. The zero-order valence-electron chi connectivity index (χ0n) is 11.0. The quantitative estimate of drug-likeness (QED) is 0.847. The molecule has 5 heteroatoms. The van der Waals surface area contributed by atoms with Gasteiger partial charge in [-0.3, -0.25) is 0 Å². The summed E-state index contributed by atoms with van der Waals surface area (Å²) in [5, 5.41) is 11.1. The number of fused-ring (bicyclic) bond motifs is 1. The molecule has 0 saturated carbocycles. The molecule has 4 nitrogen and oxygen atoms in total. The Morgan fingerprint density at radius 2 is 2.33 bits per heavy atom. The van der Waals surface area contributed by atoms with Gasteiger partial charge in [0.1, 0.15) is 0 Å². The second-order valence-corrected chi connectivity index (χ2v) is 6.79. The van der Waals surface area contributed by atoms with Crippen LogP contribution in [0.25, 0.3) is 0 Å². The van der Waals surface area contributed by atoms with Crippen LogP contribution in [0.4, 0.5) is 5.13 Å². The van der Waals surface area contributed by atoms with Crippen LogP contribution in [0.2, 0.25) is 0 Å². The van der Waals surface area contributed by atoms with Crippen molar-refractivity contribution < 1.29 is 9.84 Å². The molecule has 18 heavy (non-hydrogen) atoms. The van der Waals surface area contributed by atoms with E-state index in [0.717, 1.165) is 49.8 Å². The fraction of sp³-hybridized carbons (Fsp3) is 0.769. The molecular formula is C13H20N2O2S. The van der Waals surface area contributed by atoms with Gasteiger partial charge in [0.05, 0.1) is 30.6 Å². The van der Waals surface area contributed by atoms with Gasteiger partial charge < -0.3 is 14.7 Å². The van der Waals surface area contributed by atoms with Gasteiger partial charge in [-0.2, -0.15) is 0 Å². The Labute approximate surface area is 112 Å². The lowest BCUT2D eigenvalue weighted by Gasteiger charge is -2.42. The molecule has 1 fully saturated rings. The Hall–Kier alpha value is -0.650. The summed E-state index contributed by atoms with van der Waals surface area (Å²) in [6, 6.07) is 0. The van der Waals surface area contributed by atoms with Crippen molar-refractivity contribution in [3.63, 3.8) is 0 Å². The summed E-state index contributed by atoms with van der Waals surface area (Å²) in [6.07, 6.45) is 2.63. The smallest absolute Gasteiger partial charge is 0.186 e. The molecule has 0 bridgehead atoms. The summed E-state index contributed by atoms with van der Waals surface area (Å²) >= 11 is 1.75. The van der Waals surface area contributed by atoms with Crippen molar-refractivity contribution in [2.24, 2.45) is 0 Å². The van der Waals surface area contributed by atoms with Gasteiger partial charge in [-0.25, -0.2) is 4.98 Å². The third-order valence-electron chi connectivity index (χ3n) is 3.79. The summed E-state index contributed by atoms with van der Waals surface area (Å²) in [5.41, 5.74) is 0.910. The monoisotopic (exact) mass is 268 g/mol. The second kappa shape index (κ2) is 4.47. The summed E-state index contributed by atoms with van der Waals surface area (Å²) in [4.78, 5) is 8.29. The van der Waals surface area contributed by atoms with Crippen LogP contribution >= 0.6 is 11.3 Å². The highest BCUT2D eigenvalue weighted by Gasteiger charge is 2.34. The van der Waals surface area contributed by atoms with E-state index >= 15 is 0 Å². The standard InChI is InChI=1S/C13H20N2O2S/c1-13(2)8-17-7-6-15(13)12-14-11-9(16)4-3-5-10(11)18-12/h9,16H,3-8H2,1-2H3. The van der Waals surface area contributed by atoms with Gasteiger partial charge in [-0.1, -0.05) is 0 Å². The fourth-order valence-corrected chi connectivity index (χ4v) is 4.06. The normalized spacial score (nSPS) is 27.1. The molecular weight excluding hydrogens is 248 g/mol. The van der Waals surface area contributed by atoms with Crippen LogP contribution in [0.1, 0.15) is 43.4 Å². The van der Waals surface area contributed by atoms with Crippen LogP contribution in [-0.2, 0) is 11.2 Å². The van der Waals surface area contributed by atoms with Crippen molar-refractivity contribution in [2.45, 2.75) is 44.8 Å². The Morgan fingerprint density at radius 3 is 3.06 bits per heavy atom. The van der Waals surface area contributed by atoms with Crippen molar-refractivity contribution >= 4 is 16.5 Å². The Balaban J connectivity index is 1.92. The van der Waals surface area contributed by atoms with Gasteiger partial charge in [0, 0.05) is 11.4 Å². The van der Waals surface area contributed by atoms with E-state index in [-0.39, 0.29) is 11.6 Å². The molecule has 2 aliphatic rings. The number of aliphatic hydroxyl groups is 1. The molecule has 1 N–H and O–H groups in total. The molecule has 100 valence electrons. The molecule has 1 aliphatic heterocycles. The van der Waals surface area contributed by atoms with Crippen LogP contribution in [0.3, 0.4) is 0 Å². The molecule has 1 aliphatic carbocycles. The summed E-state index contributed by atoms with van der Waals surface area (Å²) in [7, 11) is 0. The fourth-order valence-electron chi connectivity index (χ4n) is 2.71. The topological polar surface area (TPSA) is 45.6 Å². The van der Waals surface area contributed by atoms with Gasteiger partial charge in [0.15, 0.2) is 5.13 Å². The van der Waals surface area contributed by atoms with E-state index in [1.54, 1.807) is 11.3 Å². The molecule has 1 saturated heterocycles. The van der Waals surface area contributed by atoms with Crippen LogP contribution in [0.5, 0.6) is 0 Å². The highest BCUT2D eigenvalue weighted by molar-refractivity contribution is 7.15. The minimum atomic E-state index is -0.358. The Bertz CT molecular complexity index is 444. The third-order valence-corrected chi connectivity index (χ3v) is 4.94. The second-order valence-electron chi connectivity index (χ2n) is 5.73. The SMILES string of the molecule is CC1(C)COCCN1c1nc2c(s1)CCCC2O. The Kier molecular flexibility index (Phi) is 3.08. The molecule has 2 heterocycles. The number of aliphatic hydroxyl groups excluding tert-OH is 1. The van der Waals surface area contributed by atoms with E-state index in [1.165, 1.54) is 4.88 Å². The van der Waals surface area contributed by atoms with Gasteiger partial charge in [0.2, 0.25) is 0 Å². The molecule has 0 radical (unpaired) electrons. The lowest BCUT2D eigenvalue weighted by Crippen LogP contribution is -2.53. The van der Waals surface area contributed by atoms with E-state index in [2.05, 4.69) is 23.7 Å². The molecule has 1 unspecified atom stereocenters. The minimum absolute atomic E-state index is 0.0103. The molecule has 0 aromatic carbocycles. The minimum Gasteiger partial charge on any atom is -0.387 e. The zero-order valence-corrected chi connectivity index (χ0v) is 11.8. The molecule has 1 aromatic rings. The average Bonchev–Trinajstić information content (AvgIpc) is 2.73. The maximum Gasteiger partial charge on any atom is 0.186 e. The molecule has 1 aromatic heterocycles. The number of hydrogen-bond donors (Lipinski definition) is 1. The van der Waals surface area contributed by atoms with Crippen LogP contribution < -0.4 is 4.90 Å². The summed E-state index contributed by atoms with van der Waals surface area (Å²) < 4.78 is 5.55. The number of anilines is 1. The van der Waals surface area contributed by atoms with Gasteiger partial charge >= 0.3 is 0 Å². The molecule has 0 amide bonds. The third kappa shape index (κ3) is 2.04. The van der Waals surface area contributed by atoms with Crippen LogP contribution in [0.15, 0.2) is 0 Å². The highest BCUT2D eigenvalue weighted by Crippen LogP contribution is 2.38. The van der Waals surface area contributed by atoms with Gasteiger partial charge in [-0.15, -0.1) is 11.3 Å². The molecule has 3 rings (SSSR count). The predicted molar refractivity (Wildman–Crippen MR) is 72.3 cm³/mol. The maximum absolute atomic E-state index is 10.0. The zero-order chi connectivity index (χ0) is 12.8. The molecule has 0 spiro atoms. The maximum atomic E-state index is 10.0. The first-order valence-corrected chi connectivity index (χ1v) is 7.42. The largest absolute Gasteiger partial charge is 0.387 e. The van der Waals surface area contributed by atoms with Crippen molar-refractivity contribution in [3.8, 4) is 0 Å². The van der Waals surface area contributed by atoms with Gasteiger partial charge in [-0.05, 0) is 33.1 Å². The van der Waals surface area contributed by atoms with Gasteiger partial charge in [0.25, 0.3) is 0 Å². The van der Waals surface area contributed by atoms with E-state index in [0.29, 0.717) is 0 Å².